The molecule has 0 aliphatic carbocycles. The maximum Gasteiger partial charge on any atom is 0.100 e. The number of anilines is 2. The number of hydrogen-bond donors (Lipinski definition) is 2. The fraction of sp³-hybridized carbons (Fsp3) is 0.188. The number of rotatable bonds is 2. The first-order valence-electron chi connectivity index (χ1n) is 6.56. The standard InChI is InChI=1S/C16H14BrN3/c17-15-8-13(5-4-11(15)9-18)20-16-3-1-2-12-10-19-7-6-14(12)16/h1-5,8,19-20H,6-7,10H2. The van der Waals surface area contributed by atoms with E-state index in [1.807, 2.05) is 18.2 Å². The zero-order chi connectivity index (χ0) is 13.9. The van der Waals surface area contributed by atoms with Gasteiger partial charge >= 0.3 is 0 Å². The lowest BCUT2D eigenvalue weighted by Gasteiger charge is -2.21. The van der Waals surface area contributed by atoms with E-state index in [9.17, 15) is 0 Å². The summed E-state index contributed by atoms with van der Waals surface area (Å²) in [6, 6.07) is 14.2. The van der Waals surface area contributed by atoms with E-state index in [0.29, 0.717) is 5.56 Å². The Bertz CT molecular complexity index is 689. The summed E-state index contributed by atoms with van der Waals surface area (Å²) in [5, 5.41) is 15.8. The minimum atomic E-state index is 0.648. The molecule has 0 fully saturated rings. The molecule has 4 heteroatoms. The maximum absolute atomic E-state index is 8.95. The Morgan fingerprint density at radius 1 is 1.25 bits per heavy atom. The molecule has 2 aromatic rings. The predicted molar refractivity (Wildman–Crippen MR) is 84.0 cm³/mol. The number of nitriles is 1. The predicted octanol–water partition coefficient (Wildman–Crippen LogP) is 3.71. The van der Waals surface area contributed by atoms with E-state index in [1.165, 1.54) is 11.1 Å². The van der Waals surface area contributed by atoms with Gasteiger partial charge in [0, 0.05) is 22.4 Å². The fourth-order valence-corrected chi connectivity index (χ4v) is 2.96. The summed E-state index contributed by atoms with van der Waals surface area (Å²) in [6.07, 6.45) is 1.04. The second-order valence-corrected chi connectivity index (χ2v) is 5.66. The van der Waals surface area contributed by atoms with E-state index in [2.05, 4.69) is 50.8 Å². The average Bonchev–Trinajstić information content (AvgIpc) is 2.48. The summed E-state index contributed by atoms with van der Waals surface area (Å²) in [5.74, 6) is 0. The molecule has 0 saturated carbocycles. The van der Waals surface area contributed by atoms with Crippen LogP contribution in [-0.2, 0) is 13.0 Å². The summed E-state index contributed by atoms with van der Waals surface area (Å²) in [4.78, 5) is 0. The average molecular weight is 328 g/mol. The Labute approximate surface area is 126 Å². The minimum Gasteiger partial charge on any atom is -0.355 e. The highest BCUT2D eigenvalue weighted by Gasteiger charge is 2.12. The molecule has 3 rings (SSSR count). The van der Waals surface area contributed by atoms with Crippen molar-refractivity contribution in [2.75, 3.05) is 11.9 Å². The Hall–Kier alpha value is -1.83. The number of fused-ring (bicyclic) bond motifs is 1. The highest BCUT2D eigenvalue weighted by molar-refractivity contribution is 9.10. The molecule has 0 amide bonds. The van der Waals surface area contributed by atoms with Gasteiger partial charge in [0.1, 0.15) is 6.07 Å². The van der Waals surface area contributed by atoms with Gasteiger partial charge in [-0.2, -0.15) is 5.26 Å². The van der Waals surface area contributed by atoms with Gasteiger partial charge in [0.25, 0.3) is 0 Å². The molecule has 1 aliphatic rings. The zero-order valence-corrected chi connectivity index (χ0v) is 12.5. The molecule has 3 nitrogen and oxygen atoms in total. The van der Waals surface area contributed by atoms with Gasteiger partial charge in [-0.15, -0.1) is 0 Å². The van der Waals surface area contributed by atoms with Crippen LogP contribution < -0.4 is 10.6 Å². The molecular weight excluding hydrogens is 314 g/mol. The Morgan fingerprint density at radius 2 is 2.15 bits per heavy atom. The molecule has 1 aliphatic heterocycles. The molecule has 2 aromatic carbocycles. The van der Waals surface area contributed by atoms with Crippen molar-refractivity contribution in [2.45, 2.75) is 13.0 Å². The second kappa shape index (κ2) is 5.66. The lowest BCUT2D eigenvalue weighted by Crippen LogP contribution is -2.24. The summed E-state index contributed by atoms with van der Waals surface area (Å²) < 4.78 is 0.816. The van der Waals surface area contributed by atoms with E-state index in [-0.39, 0.29) is 0 Å². The first-order valence-corrected chi connectivity index (χ1v) is 7.35. The number of nitrogens with zero attached hydrogens (tertiary/aromatic N) is 1. The molecule has 0 radical (unpaired) electrons. The van der Waals surface area contributed by atoms with E-state index < -0.39 is 0 Å². The monoisotopic (exact) mass is 327 g/mol. The first-order chi connectivity index (χ1) is 9.78. The summed E-state index contributed by atoms with van der Waals surface area (Å²) in [6.45, 7) is 1.95. The van der Waals surface area contributed by atoms with Crippen molar-refractivity contribution in [1.29, 1.82) is 5.26 Å². The van der Waals surface area contributed by atoms with Crippen molar-refractivity contribution in [1.82, 2.24) is 5.32 Å². The molecule has 0 saturated heterocycles. The van der Waals surface area contributed by atoms with Crippen LogP contribution >= 0.6 is 15.9 Å². The lowest BCUT2D eigenvalue weighted by molar-refractivity contribution is 0.645. The Kier molecular flexibility index (Phi) is 3.72. The van der Waals surface area contributed by atoms with Crippen LogP contribution in [0.3, 0.4) is 0 Å². The lowest BCUT2D eigenvalue weighted by atomic mass is 9.99. The smallest absolute Gasteiger partial charge is 0.100 e. The Morgan fingerprint density at radius 3 is 2.95 bits per heavy atom. The largest absolute Gasteiger partial charge is 0.355 e. The third-order valence-corrected chi connectivity index (χ3v) is 4.16. The zero-order valence-electron chi connectivity index (χ0n) is 10.9. The molecule has 0 spiro atoms. The molecule has 2 N–H and O–H groups in total. The Balaban J connectivity index is 1.92. The van der Waals surface area contributed by atoms with Crippen LogP contribution in [0.1, 0.15) is 16.7 Å². The van der Waals surface area contributed by atoms with Crippen molar-refractivity contribution < 1.29 is 0 Å². The van der Waals surface area contributed by atoms with Crippen LogP contribution in [0.15, 0.2) is 40.9 Å². The fourth-order valence-electron chi connectivity index (χ4n) is 2.49. The quantitative estimate of drug-likeness (QED) is 0.883. The molecule has 0 unspecified atom stereocenters. The van der Waals surface area contributed by atoms with Gasteiger partial charge in [-0.25, -0.2) is 0 Å². The van der Waals surface area contributed by atoms with E-state index >= 15 is 0 Å². The van der Waals surface area contributed by atoms with Crippen molar-refractivity contribution in [3.8, 4) is 6.07 Å². The van der Waals surface area contributed by atoms with Crippen molar-refractivity contribution in [2.24, 2.45) is 0 Å². The van der Waals surface area contributed by atoms with Gasteiger partial charge in [0.2, 0.25) is 0 Å². The molecule has 0 aromatic heterocycles. The second-order valence-electron chi connectivity index (χ2n) is 4.80. The van der Waals surface area contributed by atoms with Crippen molar-refractivity contribution in [3.05, 3.63) is 57.6 Å². The number of benzene rings is 2. The summed E-state index contributed by atoms with van der Waals surface area (Å²) >= 11 is 3.42. The van der Waals surface area contributed by atoms with Gasteiger partial charge < -0.3 is 10.6 Å². The van der Waals surface area contributed by atoms with Gasteiger partial charge in [-0.05, 0) is 64.3 Å². The van der Waals surface area contributed by atoms with Gasteiger partial charge in [0.15, 0.2) is 0 Å². The van der Waals surface area contributed by atoms with Crippen LogP contribution in [0, 0.1) is 11.3 Å². The van der Waals surface area contributed by atoms with Gasteiger partial charge in [-0.1, -0.05) is 12.1 Å². The van der Waals surface area contributed by atoms with E-state index in [0.717, 1.165) is 35.4 Å². The van der Waals surface area contributed by atoms with Crippen LogP contribution in [0.5, 0.6) is 0 Å². The molecule has 100 valence electrons. The molecular formula is C16H14BrN3. The maximum atomic E-state index is 8.95. The van der Waals surface area contributed by atoms with Crippen molar-refractivity contribution in [3.63, 3.8) is 0 Å². The minimum absolute atomic E-state index is 0.648. The first kappa shape index (κ1) is 13.2. The highest BCUT2D eigenvalue weighted by atomic mass is 79.9. The third kappa shape index (κ3) is 2.55. The summed E-state index contributed by atoms with van der Waals surface area (Å²) in [7, 11) is 0. The topological polar surface area (TPSA) is 47.9 Å². The number of nitrogens with one attached hydrogen (secondary N) is 2. The molecule has 0 bridgehead atoms. The molecule has 0 atom stereocenters. The van der Waals surface area contributed by atoms with Crippen LogP contribution in [0.4, 0.5) is 11.4 Å². The SMILES string of the molecule is N#Cc1ccc(Nc2cccc3c2CCNC3)cc1Br. The van der Waals surface area contributed by atoms with E-state index in [1.54, 1.807) is 0 Å². The van der Waals surface area contributed by atoms with Crippen molar-refractivity contribution >= 4 is 27.3 Å². The van der Waals surface area contributed by atoms with E-state index in [4.69, 9.17) is 5.26 Å². The third-order valence-electron chi connectivity index (χ3n) is 3.51. The van der Waals surface area contributed by atoms with Crippen LogP contribution in [0.25, 0.3) is 0 Å². The normalized spacial score (nSPS) is 13.4. The van der Waals surface area contributed by atoms with Gasteiger partial charge in [-0.3, -0.25) is 0 Å². The molecule has 20 heavy (non-hydrogen) atoms. The number of halogens is 1. The van der Waals surface area contributed by atoms with Crippen LogP contribution in [-0.4, -0.2) is 6.54 Å². The number of hydrogen-bond acceptors (Lipinski definition) is 3. The highest BCUT2D eigenvalue weighted by Crippen LogP contribution is 2.28. The molecule has 1 heterocycles. The summed E-state index contributed by atoms with van der Waals surface area (Å²) in [5.41, 5.74) is 5.53. The van der Waals surface area contributed by atoms with Crippen LogP contribution in [0.2, 0.25) is 0 Å². The van der Waals surface area contributed by atoms with Gasteiger partial charge in [0.05, 0.1) is 5.56 Å².